The van der Waals surface area contributed by atoms with Crippen molar-refractivity contribution in [2.45, 2.75) is 12.6 Å². The topological polar surface area (TPSA) is 82.6 Å². The minimum atomic E-state index is -0.189. The second-order valence-corrected chi connectivity index (χ2v) is 4.60. The smallest absolute Gasteiger partial charge is 0.270 e. The maximum absolute atomic E-state index is 11.9. The maximum Gasteiger partial charge on any atom is 0.270 e. The Morgan fingerprint density at radius 2 is 2.47 bits per heavy atom. The van der Waals surface area contributed by atoms with Crippen LogP contribution in [-0.4, -0.2) is 60.7 Å². The van der Waals surface area contributed by atoms with Crippen LogP contribution in [-0.2, 0) is 11.3 Å². The Morgan fingerprint density at radius 1 is 1.63 bits per heavy atom. The highest BCUT2D eigenvalue weighted by molar-refractivity contribution is 5.13. The second kappa shape index (κ2) is 6.65. The van der Waals surface area contributed by atoms with Crippen molar-refractivity contribution < 1.29 is 9.47 Å². The fourth-order valence-corrected chi connectivity index (χ4v) is 1.98. The number of morpholine rings is 1. The molecule has 19 heavy (non-hydrogen) atoms. The molecule has 7 nitrogen and oxygen atoms in total. The number of hydrogen-bond donors (Lipinski definition) is 1. The summed E-state index contributed by atoms with van der Waals surface area (Å²) in [4.78, 5) is 14.1. The first-order valence-electron chi connectivity index (χ1n) is 6.39. The Bertz CT molecular complexity index is 463. The van der Waals surface area contributed by atoms with E-state index in [0.29, 0.717) is 32.1 Å². The molecular weight excluding hydrogens is 248 g/mol. The Labute approximate surface area is 111 Å². The molecule has 106 valence electrons. The lowest BCUT2D eigenvalue weighted by atomic mass is 10.3. The van der Waals surface area contributed by atoms with E-state index in [2.05, 4.69) is 10.00 Å². The van der Waals surface area contributed by atoms with Crippen molar-refractivity contribution in [3.05, 3.63) is 22.6 Å². The molecule has 2 heterocycles. The molecule has 1 atom stereocenters. The van der Waals surface area contributed by atoms with E-state index in [-0.39, 0.29) is 11.7 Å². The minimum absolute atomic E-state index is 0.000222. The highest BCUT2D eigenvalue weighted by Crippen LogP contribution is 2.06. The van der Waals surface area contributed by atoms with Crippen molar-refractivity contribution in [2.75, 3.05) is 39.9 Å². The lowest BCUT2D eigenvalue weighted by molar-refractivity contribution is -0.0297. The molecule has 0 amide bonds. The van der Waals surface area contributed by atoms with E-state index in [1.165, 1.54) is 16.9 Å². The molecule has 0 aromatic carbocycles. The quantitative estimate of drug-likeness (QED) is 0.731. The molecule has 0 bridgehead atoms. The average Bonchev–Trinajstić information content (AvgIpc) is 2.39. The predicted octanol–water partition coefficient (Wildman–Crippen LogP) is -1.09. The summed E-state index contributed by atoms with van der Waals surface area (Å²) < 4.78 is 12.3. The third-order valence-electron chi connectivity index (χ3n) is 2.95. The summed E-state index contributed by atoms with van der Waals surface area (Å²) >= 11 is 0. The van der Waals surface area contributed by atoms with Crippen LogP contribution < -0.4 is 16.0 Å². The van der Waals surface area contributed by atoms with E-state index in [0.717, 1.165) is 13.1 Å². The van der Waals surface area contributed by atoms with Crippen molar-refractivity contribution in [3.8, 4) is 5.75 Å². The molecule has 1 fully saturated rings. The first kappa shape index (κ1) is 14.0. The van der Waals surface area contributed by atoms with Gasteiger partial charge in [0.2, 0.25) is 0 Å². The SMILES string of the molecule is CN1CCOC(Cn2ncc(OCCN)cc2=O)C1. The van der Waals surface area contributed by atoms with Crippen LogP contribution in [0.4, 0.5) is 0 Å². The van der Waals surface area contributed by atoms with Crippen LogP contribution in [0.15, 0.2) is 17.1 Å². The van der Waals surface area contributed by atoms with Crippen molar-refractivity contribution >= 4 is 0 Å². The van der Waals surface area contributed by atoms with E-state index in [1.54, 1.807) is 0 Å². The van der Waals surface area contributed by atoms with Gasteiger partial charge in [0.05, 0.1) is 25.5 Å². The number of rotatable bonds is 5. The van der Waals surface area contributed by atoms with E-state index < -0.39 is 0 Å². The fraction of sp³-hybridized carbons (Fsp3) is 0.667. The van der Waals surface area contributed by atoms with Gasteiger partial charge in [0.25, 0.3) is 5.56 Å². The first-order chi connectivity index (χ1) is 9.19. The Balaban J connectivity index is 1.98. The van der Waals surface area contributed by atoms with E-state index >= 15 is 0 Å². The van der Waals surface area contributed by atoms with E-state index in [4.69, 9.17) is 15.2 Å². The molecule has 7 heteroatoms. The molecule has 1 aliphatic rings. The van der Waals surface area contributed by atoms with Crippen molar-refractivity contribution in [1.82, 2.24) is 14.7 Å². The lowest BCUT2D eigenvalue weighted by Crippen LogP contribution is -2.43. The minimum Gasteiger partial charge on any atom is -0.490 e. The number of hydrogen-bond acceptors (Lipinski definition) is 6. The van der Waals surface area contributed by atoms with Crippen LogP contribution in [0.25, 0.3) is 0 Å². The number of nitrogens with two attached hydrogens (primary N) is 1. The molecule has 1 unspecified atom stereocenters. The van der Waals surface area contributed by atoms with E-state index in [1.807, 2.05) is 7.05 Å². The van der Waals surface area contributed by atoms with Gasteiger partial charge in [0, 0.05) is 25.7 Å². The molecule has 0 radical (unpaired) electrons. The molecule has 1 aromatic heterocycles. The molecule has 1 saturated heterocycles. The summed E-state index contributed by atoms with van der Waals surface area (Å²) in [5.74, 6) is 0.452. The third-order valence-corrected chi connectivity index (χ3v) is 2.95. The van der Waals surface area contributed by atoms with Crippen LogP contribution in [0, 0.1) is 0 Å². The first-order valence-corrected chi connectivity index (χ1v) is 6.39. The molecule has 1 aromatic rings. The summed E-state index contributed by atoms with van der Waals surface area (Å²) in [7, 11) is 2.04. The highest BCUT2D eigenvalue weighted by Gasteiger charge is 2.19. The van der Waals surface area contributed by atoms with Gasteiger partial charge in [0.1, 0.15) is 12.4 Å². The van der Waals surface area contributed by atoms with Gasteiger partial charge in [-0.05, 0) is 7.05 Å². The van der Waals surface area contributed by atoms with Gasteiger partial charge < -0.3 is 20.1 Å². The summed E-state index contributed by atoms with van der Waals surface area (Å²) in [5, 5.41) is 4.09. The maximum atomic E-state index is 11.9. The average molecular weight is 268 g/mol. The Morgan fingerprint density at radius 3 is 3.16 bits per heavy atom. The van der Waals surface area contributed by atoms with Crippen molar-refractivity contribution in [2.24, 2.45) is 5.73 Å². The predicted molar refractivity (Wildman–Crippen MR) is 70.3 cm³/mol. The highest BCUT2D eigenvalue weighted by atomic mass is 16.5. The number of likely N-dealkylation sites (N-methyl/N-ethyl adjacent to an activating group) is 1. The van der Waals surface area contributed by atoms with Crippen LogP contribution in [0.5, 0.6) is 5.75 Å². The van der Waals surface area contributed by atoms with Crippen molar-refractivity contribution in [3.63, 3.8) is 0 Å². The van der Waals surface area contributed by atoms with Crippen LogP contribution in [0.3, 0.4) is 0 Å². The standard InChI is InChI=1S/C12H20N4O3/c1-15-3-5-19-11(8-15)9-16-12(17)6-10(7-14-16)18-4-2-13/h6-7,11H,2-5,8-9,13H2,1H3. The van der Waals surface area contributed by atoms with Crippen LogP contribution in [0.1, 0.15) is 0 Å². The third kappa shape index (κ3) is 4.02. The van der Waals surface area contributed by atoms with E-state index in [9.17, 15) is 4.79 Å². The normalized spacial score (nSPS) is 20.4. The van der Waals surface area contributed by atoms with Gasteiger partial charge in [-0.3, -0.25) is 4.79 Å². The molecule has 0 aliphatic carbocycles. The second-order valence-electron chi connectivity index (χ2n) is 4.60. The number of nitrogens with zero attached hydrogens (tertiary/aromatic N) is 3. The zero-order valence-corrected chi connectivity index (χ0v) is 11.1. The van der Waals surface area contributed by atoms with Crippen LogP contribution in [0.2, 0.25) is 0 Å². The van der Waals surface area contributed by atoms with Crippen LogP contribution >= 0.6 is 0 Å². The van der Waals surface area contributed by atoms with Gasteiger partial charge in [-0.25, -0.2) is 4.68 Å². The summed E-state index contributed by atoms with van der Waals surface area (Å²) in [6, 6.07) is 1.43. The summed E-state index contributed by atoms with van der Waals surface area (Å²) in [5.41, 5.74) is 5.14. The monoisotopic (exact) mass is 268 g/mol. The Kier molecular flexibility index (Phi) is 4.89. The molecule has 0 spiro atoms. The molecule has 2 rings (SSSR count). The van der Waals surface area contributed by atoms with Gasteiger partial charge in [0.15, 0.2) is 0 Å². The number of aromatic nitrogens is 2. The Hall–Kier alpha value is -1.44. The zero-order chi connectivity index (χ0) is 13.7. The molecule has 2 N–H and O–H groups in total. The summed E-state index contributed by atoms with van der Waals surface area (Å²) in [6.45, 7) is 3.66. The summed E-state index contributed by atoms with van der Waals surface area (Å²) in [6.07, 6.45) is 1.53. The van der Waals surface area contributed by atoms with Gasteiger partial charge in [-0.2, -0.15) is 5.10 Å². The molecule has 1 aliphatic heterocycles. The van der Waals surface area contributed by atoms with Gasteiger partial charge in [-0.1, -0.05) is 0 Å². The largest absolute Gasteiger partial charge is 0.490 e. The molecular formula is C12H20N4O3. The lowest BCUT2D eigenvalue weighted by Gasteiger charge is -2.29. The van der Waals surface area contributed by atoms with Gasteiger partial charge >= 0.3 is 0 Å². The number of ether oxygens (including phenoxy) is 2. The fourth-order valence-electron chi connectivity index (χ4n) is 1.98. The molecule has 0 saturated carbocycles. The van der Waals surface area contributed by atoms with Crippen molar-refractivity contribution in [1.29, 1.82) is 0 Å². The van der Waals surface area contributed by atoms with Gasteiger partial charge in [-0.15, -0.1) is 0 Å². The zero-order valence-electron chi connectivity index (χ0n) is 11.1.